The number of aryl methyl sites for hydroxylation is 3. The lowest BCUT2D eigenvalue weighted by atomic mass is 9.95. The number of aromatic nitrogens is 4. The summed E-state index contributed by atoms with van der Waals surface area (Å²) in [7, 11) is 3.43. The Morgan fingerprint density at radius 2 is 1.97 bits per heavy atom. The normalized spacial score (nSPS) is 15.2. The summed E-state index contributed by atoms with van der Waals surface area (Å²) in [6.07, 6.45) is 3.41. The summed E-state index contributed by atoms with van der Waals surface area (Å²) in [6.45, 7) is 4.58. The van der Waals surface area contributed by atoms with Crippen LogP contribution in [0.1, 0.15) is 44.6 Å². The molecule has 166 valence electrons. The number of hydrogen-bond acceptors (Lipinski definition) is 6. The molecule has 0 saturated carbocycles. The van der Waals surface area contributed by atoms with Crippen LogP contribution in [0, 0.1) is 13.8 Å². The third-order valence-corrected chi connectivity index (χ3v) is 5.59. The van der Waals surface area contributed by atoms with Crippen LogP contribution >= 0.6 is 0 Å². The largest absolute Gasteiger partial charge is 0.497 e. The molecule has 1 atom stereocenters. The van der Waals surface area contributed by atoms with E-state index < -0.39 is 5.92 Å². The number of rotatable bonds is 5. The van der Waals surface area contributed by atoms with Crippen molar-refractivity contribution in [2.75, 3.05) is 13.7 Å². The van der Waals surface area contributed by atoms with Crippen LogP contribution in [0.2, 0.25) is 0 Å². The topological polar surface area (TPSA) is 102 Å². The molecule has 0 fully saturated rings. The molecule has 9 nitrogen and oxygen atoms in total. The number of ether oxygens (including phenoxy) is 1. The molecule has 0 radical (unpaired) electrons. The Kier molecular flexibility index (Phi) is 5.89. The van der Waals surface area contributed by atoms with E-state index in [9.17, 15) is 9.59 Å². The molecule has 0 unspecified atom stereocenters. The van der Waals surface area contributed by atoms with Crippen molar-refractivity contribution in [2.45, 2.75) is 32.9 Å². The average molecular weight is 435 g/mol. The first-order valence-electron chi connectivity index (χ1n) is 10.4. The molecular formula is C23H26N6O3. The Balaban J connectivity index is 1.53. The summed E-state index contributed by atoms with van der Waals surface area (Å²) in [5, 5.41) is 7.49. The number of amides is 2. The lowest BCUT2D eigenvalue weighted by Gasteiger charge is -2.31. The zero-order valence-electron chi connectivity index (χ0n) is 18.6. The minimum absolute atomic E-state index is 0.171. The first kappa shape index (κ1) is 21.5. The highest BCUT2D eigenvalue weighted by Crippen LogP contribution is 2.29. The zero-order valence-corrected chi connectivity index (χ0v) is 18.6. The van der Waals surface area contributed by atoms with Crippen LogP contribution in [0.15, 0.2) is 36.7 Å². The standard InChI is InChI=1S/C23H26N6O3/c1-14-19(10-24-15(2)26-14)23(31)29-12-17-11-28(3)27-21(17)20(13-29)22(30)25-9-16-5-7-18(32-4)8-6-16/h5-8,10-11,20H,9,12-13H2,1-4H3,(H,25,30)/t20-/m0/s1. The number of nitrogens with one attached hydrogen (secondary N) is 1. The molecule has 1 N–H and O–H groups in total. The molecule has 32 heavy (non-hydrogen) atoms. The Hall–Kier alpha value is -3.75. The zero-order chi connectivity index (χ0) is 22.8. The Labute approximate surface area is 186 Å². The second-order valence-corrected chi connectivity index (χ2v) is 7.93. The molecule has 0 aliphatic carbocycles. The second-order valence-electron chi connectivity index (χ2n) is 7.93. The van der Waals surface area contributed by atoms with Crippen LogP contribution in [0.25, 0.3) is 0 Å². The SMILES string of the molecule is COc1ccc(CNC(=O)[C@H]2CN(C(=O)c3cnc(C)nc3C)Cc3cn(C)nc32)cc1. The number of methoxy groups -OCH3 is 1. The quantitative estimate of drug-likeness (QED) is 0.658. The molecule has 0 bridgehead atoms. The van der Waals surface area contributed by atoms with Gasteiger partial charge in [0.2, 0.25) is 5.91 Å². The van der Waals surface area contributed by atoms with Crippen LogP contribution in [0.4, 0.5) is 0 Å². The van der Waals surface area contributed by atoms with Gasteiger partial charge in [-0.1, -0.05) is 12.1 Å². The van der Waals surface area contributed by atoms with Crippen LogP contribution in [-0.4, -0.2) is 50.1 Å². The predicted molar refractivity (Wildman–Crippen MR) is 117 cm³/mol. The highest BCUT2D eigenvalue weighted by atomic mass is 16.5. The van der Waals surface area contributed by atoms with Gasteiger partial charge in [-0.05, 0) is 31.5 Å². The van der Waals surface area contributed by atoms with Crippen LogP contribution in [0.3, 0.4) is 0 Å². The number of carbonyl (C=O) groups is 2. The molecule has 3 aromatic rings. The van der Waals surface area contributed by atoms with Crippen molar-refractivity contribution in [1.29, 1.82) is 0 Å². The van der Waals surface area contributed by atoms with Crippen LogP contribution in [0.5, 0.6) is 5.75 Å². The van der Waals surface area contributed by atoms with E-state index in [1.807, 2.05) is 37.5 Å². The lowest BCUT2D eigenvalue weighted by molar-refractivity contribution is -0.123. The highest BCUT2D eigenvalue weighted by Gasteiger charge is 2.36. The smallest absolute Gasteiger partial charge is 0.257 e. The fourth-order valence-electron chi connectivity index (χ4n) is 3.93. The summed E-state index contributed by atoms with van der Waals surface area (Å²) < 4.78 is 6.86. The average Bonchev–Trinajstić information content (AvgIpc) is 3.16. The molecule has 1 aliphatic heterocycles. The van der Waals surface area contributed by atoms with E-state index in [4.69, 9.17) is 4.74 Å². The predicted octanol–water partition coefficient (Wildman–Crippen LogP) is 1.89. The van der Waals surface area contributed by atoms with Gasteiger partial charge in [-0.3, -0.25) is 14.3 Å². The number of hydrogen-bond donors (Lipinski definition) is 1. The summed E-state index contributed by atoms with van der Waals surface area (Å²) in [5.41, 5.74) is 3.60. The van der Waals surface area contributed by atoms with E-state index in [-0.39, 0.29) is 18.4 Å². The van der Waals surface area contributed by atoms with Crippen molar-refractivity contribution in [3.05, 3.63) is 70.6 Å². The Morgan fingerprint density at radius 3 is 2.66 bits per heavy atom. The van der Waals surface area contributed by atoms with Crippen molar-refractivity contribution in [3.8, 4) is 5.75 Å². The van der Waals surface area contributed by atoms with Gasteiger partial charge in [0.1, 0.15) is 11.6 Å². The summed E-state index contributed by atoms with van der Waals surface area (Å²) in [5.74, 6) is 0.451. The van der Waals surface area contributed by atoms with Gasteiger partial charge in [0.15, 0.2) is 0 Å². The fourth-order valence-corrected chi connectivity index (χ4v) is 3.93. The van der Waals surface area contributed by atoms with Gasteiger partial charge in [-0.15, -0.1) is 0 Å². The van der Waals surface area contributed by atoms with Crippen LogP contribution in [-0.2, 0) is 24.9 Å². The molecule has 3 heterocycles. The van der Waals surface area contributed by atoms with Gasteiger partial charge in [-0.25, -0.2) is 9.97 Å². The summed E-state index contributed by atoms with van der Waals surface area (Å²) in [6, 6.07) is 7.51. The molecule has 2 amide bonds. The Bertz CT molecular complexity index is 1160. The van der Waals surface area contributed by atoms with Crippen molar-refractivity contribution in [2.24, 2.45) is 7.05 Å². The first-order chi connectivity index (χ1) is 15.4. The minimum Gasteiger partial charge on any atom is -0.497 e. The van der Waals surface area contributed by atoms with E-state index >= 15 is 0 Å². The monoisotopic (exact) mass is 434 g/mol. The molecule has 1 aliphatic rings. The van der Waals surface area contributed by atoms with Crippen molar-refractivity contribution in [3.63, 3.8) is 0 Å². The first-order valence-corrected chi connectivity index (χ1v) is 10.4. The number of fused-ring (bicyclic) bond motifs is 1. The van der Waals surface area contributed by atoms with E-state index in [0.29, 0.717) is 35.9 Å². The van der Waals surface area contributed by atoms with Gasteiger partial charge in [0.25, 0.3) is 5.91 Å². The van der Waals surface area contributed by atoms with E-state index in [1.165, 1.54) is 0 Å². The maximum Gasteiger partial charge on any atom is 0.257 e. The maximum atomic E-state index is 13.2. The molecule has 2 aromatic heterocycles. The van der Waals surface area contributed by atoms with E-state index in [2.05, 4.69) is 20.4 Å². The van der Waals surface area contributed by atoms with E-state index in [1.54, 1.807) is 36.7 Å². The minimum atomic E-state index is -0.561. The van der Waals surface area contributed by atoms with Gasteiger partial charge >= 0.3 is 0 Å². The maximum absolute atomic E-state index is 13.2. The second kappa shape index (κ2) is 8.78. The van der Waals surface area contributed by atoms with E-state index in [0.717, 1.165) is 16.9 Å². The fraction of sp³-hybridized carbons (Fsp3) is 0.348. The van der Waals surface area contributed by atoms with Crippen molar-refractivity contribution < 1.29 is 14.3 Å². The van der Waals surface area contributed by atoms with Gasteiger partial charge in [0, 0.05) is 44.6 Å². The van der Waals surface area contributed by atoms with Gasteiger partial charge < -0.3 is 15.0 Å². The van der Waals surface area contributed by atoms with Gasteiger partial charge in [0.05, 0.1) is 30.0 Å². The lowest BCUT2D eigenvalue weighted by Crippen LogP contribution is -2.43. The third kappa shape index (κ3) is 4.32. The molecule has 0 spiro atoms. The molecular weight excluding hydrogens is 408 g/mol. The molecule has 0 saturated heterocycles. The molecule has 1 aromatic carbocycles. The summed E-state index contributed by atoms with van der Waals surface area (Å²) >= 11 is 0. The van der Waals surface area contributed by atoms with Crippen molar-refractivity contribution >= 4 is 11.8 Å². The number of carbonyl (C=O) groups excluding carboxylic acids is 2. The van der Waals surface area contributed by atoms with Crippen molar-refractivity contribution in [1.82, 2.24) is 30.0 Å². The molecule has 9 heteroatoms. The highest BCUT2D eigenvalue weighted by molar-refractivity contribution is 5.96. The Morgan fingerprint density at radius 1 is 1.22 bits per heavy atom. The van der Waals surface area contributed by atoms with Gasteiger partial charge in [-0.2, -0.15) is 5.10 Å². The number of benzene rings is 1. The third-order valence-electron chi connectivity index (χ3n) is 5.59. The molecule has 4 rings (SSSR count). The summed E-state index contributed by atoms with van der Waals surface area (Å²) in [4.78, 5) is 36.5. The van der Waals surface area contributed by atoms with Crippen LogP contribution < -0.4 is 10.1 Å². The number of nitrogens with zero attached hydrogens (tertiary/aromatic N) is 5.